The van der Waals surface area contributed by atoms with Gasteiger partial charge in [-0.05, 0) is 16.7 Å². The lowest BCUT2D eigenvalue weighted by Gasteiger charge is -2.37. The summed E-state index contributed by atoms with van der Waals surface area (Å²) in [6, 6.07) is 30.3. The molecule has 28 heavy (non-hydrogen) atoms. The average Bonchev–Trinajstić information content (AvgIpc) is 3.22. The molecule has 0 aliphatic heterocycles. The van der Waals surface area contributed by atoms with Crippen molar-refractivity contribution in [1.82, 2.24) is 10.2 Å². The first-order valence-electron chi connectivity index (χ1n) is 9.00. The molecular formula is C23H20N4O. The number of anilines is 1. The zero-order chi connectivity index (χ0) is 19.4. The van der Waals surface area contributed by atoms with Gasteiger partial charge in [0.15, 0.2) is 0 Å². The number of nitrogens with two attached hydrogens (primary N) is 1. The van der Waals surface area contributed by atoms with E-state index in [-0.39, 0.29) is 0 Å². The Balaban J connectivity index is 2.01. The molecule has 5 nitrogen and oxygen atoms in total. The zero-order valence-corrected chi connectivity index (χ0v) is 15.2. The van der Waals surface area contributed by atoms with Crippen LogP contribution < -0.4 is 11.1 Å². The monoisotopic (exact) mass is 368 g/mol. The lowest BCUT2D eigenvalue weighted by Crippen LogP contribution is -2.38. The highest BCUT2D eigenvalue weighted by Crippen LogP contribution is 2.40. The van der Waals surface area contributed by atoms with Crippen molar-refractivity contribution in [3.63, 3.8) is 0 Å². The summed E-state index contributed by atoms with van der Waals surface area (Å²) in [6.07, 6.45) is 1.44. The fourth-order valence-corrected chi connectivity index (χ4v) is 3.54. The Labute approximate surface area is 163 Å². The van der Waals surface area contributed by atoms with E-state index in [1.54, 1.807) is 0 Å². The summed E-state index contributed by atoms with van der Waals surface area (Å²) in [7, 11) is 0. The molecule has 138 valence electrons. The Morgan fingerprint density at radius 1 is 0.786 bits per heavy atom. The maximum atomic E-state index is 11.9. The van der Waals surface area contributed by atoms with Crippen molar-refractivity contribution in [2.45, 2.75) is 5.54 Å². The van der Waals surface area contributed by atoms with Gasteiger partial charge in [0, 0.05) is 0 Å². The molecule has 0 atom stereocenters. The fourth-order valence-electron chi connectivity index (χ4n) is 3.54. The molecule has 1 amide bonds. The molecule has 0 aliphatic carbocycles. The number of nitrogens with zero attached hydrogens (tertiary/aromatic N) is 1. The maximum Gasteiger partial charge on any atom is 0.254 e. The minimum atomic E-state index is -0.749. The van der Waals surface area contributed by atoms with E-state index in [1.165, 1.54) is 6.20 Å². The van der Waals surface area contributed by atoms with Crippen LogP contribution in [-0.4, -0.2) is 16.1 Å². The number of primary amides is 1. The van der Waals surface area contributed by atoms with Crippen LogP contribution in [-0.2, 0) is 5.54 Å². The van der Waals surface area contributed by atoms with Crippen LogP contribution in [0.4, 0.5) is 5.82 Å². The molecule has 0 radical (unpaired) electrons. The van der Waals surface area contributed by atoms with E-state index in [1.807, 2.05) is 54.6 Å². The second-order valence-corrected chi connectivity index (χ2v) is 6.50. The molecule has 0 unspecified atom stereocenters. The number of rotatable bonds is 6. The highest BCUT2D eigenvalue weighted by Gasteiger charge is 2.37. The third kappa shape index (κ3) is 3.03. The summed E-state index contributed by atoms with van der Waals surface area (Å²) < 4.78 is 0. The summed E-state index contributed by atoms with van der Waals surface area (Å²) in [6.45, 7) is 0. The highest BCUT2D eigenvalue weighted by atomic mass is 16.1. The van der Waals surface area contributed by atoms with Gasteiger partial charge in [-0.25, -0.2) is 0 Å². The number of hydrogen-bond donors (Lipinski definition) is 3. The van der Waals surface area contributed by atoms with Gasteiger partial charge in [-0.2, -0.15) is 5.10 Å². The molecule has 1 heterocycles. The summed E-state index contributed by atoms with van der Waals surface area (Å²) in [4.78, 5) is 11.9. The molecule has 1 aromatic heterocycles. The third-order valence-corrected chi connectivity index (χ3v) is 4.84. The number of nitrogens with one attached hydrogen (secondary N) is 2. The van der Waals surface area contributed by atoms with E-state index in [0.717, 1.165) is 16.7 Å². The highest BCUT2D eigenvalue weighted by molar-refractivity contribution is 5.97. The van der Waals surface area contributed by atoms with Crippen molar-refractivity contribution in [2.24, 2.45) is 5.73 Å². The Kier molecular flexibility index (Phi) is 4.64. The molecule has 0 saturated carbocycles. The number of benzene rings is 3. The third-order valence-electron chi connectivity index (χ3n) is 4.84. The van der Waals surface area contributed by atoms with Gasteiger partial charge in [-0.3, -0.25) is 9.89 Å². The second-order valence-electron chi connectivity index (χ2n) is 6.50. The first kappa shape index (κ1) is 17.5. The summed E-state index contributed by atoms with van der Waals surface area (Å²) >= 11 is 0. The molecule has 3 aromatic carbocycles. The molecule has 0 fully saturated rings. The largest absolute Gasteiger partial charge is 0.365 e. The number of carbonyl (C=O) groups excluding carboxylic acids is 1. The summed E-state index contributed by atoms with van der Waals surface area (Å²) in [5.74, 6) is -0.0663. The minimum absolute atomic E-state index is 0.312. The number of H-pyrrole nitrogens is 1. The number of aromatic nitrogens is 2. The number of amides is 1. The molecule has 0 saturated heterocycles. The molecule has 0 spiro atoms. The molecule has 0 aliphatic rings. The van der Waals surface area contributed by atoms with Crippen molar-refractivity contribution in [3.8, 4) is 0 Å². The van der Waals surface area contributed by atoms with Crippen molar-refractivity contribution < 1.29 is 4.79 Å². The van der Waals surface area contributed by atoms with Gasteiger partial charge in [0.25, 0.3) is 5.91 Å². The van der Waals surface area contributed by atoms with Crippen LogP contribution in [0.25, 0.3) is 0 Å². The van der Waals surface area contributed by atoms with Gasteiger partial charge >= 0.3 is 0 Å². The number of aromatic amines is 1. The first-order valence-corrected chi connectivity index (χ1v) is 9.00. The molecular weight excluding hydrogens is 348 g/mol. The first-order chi connectivity index (χ1) is 13.7. The van der Waals surface area contributed by atoms with E-state index in [9.17, 15) is 4.79 Å². The molecule has 4 N–H and O–H groups in total. The van der Waals surface area contributed by atoms with Gasteiger partial charge in [-0.15, -0.1) is 0 Å². The SMILES string of the molecule is NC(=O)c1cn[nH]c1NC(c1ccccc1)(c1ccccc1)c1ccccc1. The van der Waals surface area contributed by atoms with Crippen LogP contribution in [0.15, 0.2) is 97.2 Å². The Morgan fingerprint density at radius 2 is 1.21 bits per heavy atom. The second kappa shape index (κ2) is 7.40. The normalized spacial score (nSPS) is 11.1. The topological polar surface area (TPSA) is 83.8 Å². The van der Waals surface area contributed by atoms with Crippen molar-refractivity contribution in [1.29, 1.82) is 0 Å². The van der Waals surface area contributed by atoms with E-state index >= 15 is 0 Å². The van der Waals surface area contributed by atoms with Crippen LogP contribution in [0.3, 0.4) is 0 Å². The fraction of sp³-hybridized carbons (Fsp3) is 0.0435. The molecule has 0 bridgehead atoms. The predicted octanol–water partition coefficient (Wildman–Crippen LogP) is 3.91. The maximum absolute atomic E-state index is 11.9. The van der Waals surface area contributed by atoms with Crippen LogP contribution in [0.1, 0.15) is 27.0 Å². The van der Waals surface area contributed by atoms with Crippen LogP contribution in [0.2, 0.25) is 0 Å². The van der Waals surface area contributed by atoms with Gasteiger partial charge in [0.1, 0.15) is 16.9 Å². The lowest BCUT2D eigenvalue weighted by molar-refractivity contribution is 0.100. The Morgan fingerprint density at radius 3 is 1.61 bits per heavy atom. The van der Waals surface area contributed by atoms with E-state index in [4.69, 9.17) is 5.73 Å². The van der Waals surface area contributed by atoms with Crippen LogP contribution in [0.5, 0.6) is 0 Å². The van der Waals surface area contributed by atoms with E-state index in [2.05, 4.69) is 51.9 Å². The van der Waals surface area contributed by atoms with Crippen molar-refractivity contribution >= 4 is 11.7 Å². The van der Waals surface area contributed by atoms with Crippen molar-refractivity contribution in [2.75, 3.05) is 5.32 Å². The van der Waals surface area contributed by atoms with Crippen molar-refractivity contribution in [3.05, 3.63) is 119 Å². The van der Waals surface area contributed by atoms with Gasteiger partial charge in [-0.1, -0.05) is 91.0 Å². The number of carbonyl (C=O) groups is 1. The van der Waals surface area contributed by atoms with Crippen LogP contribution >= 0.6 is 0 Å². The van der Waals surface area contributed by atoms with Gasteiger partial charge < -0.3 is 11.1 Å². The Bertz CT molecular complexity index is 963. The number of hydrogen-bond acceptors (Lipinski definition) is 3. The predicted molar refractivity (Wildman–Crippen MR) is 110 cm³/mol. The zero-order valence-electron chi connectivity index (χ0n) is 15.2. The van der Waals surface area contributed by atoms with E-state index in [0.29, 0.717) is 11.4 Å². The molecule has 5 heteroatoms. The molecule has 4 aromatic rings. The van der Waals surface area contributed by atoms with Gasteiger partial charge in [0.05, 0.1) is 6.20 Å². The average molecular weight is 368 g/mol. The quantitative estimate of drug-likeness (QED) is 0.451. The standard InChI is InChI=1S/C23H20N4O/c24-21(28)20-16-25-27-22(20)26-23(17-10-4-1-5-11-17,18-12-6-2-7-13-18)19-14-8-3-9-15-19/h1-16H,(H2,24,28)(H2,25,26,27). The minimum Gasteiger partial charge on any atom is -0.365 e. The summed E-state index contributed by atoms with van der Waals surface area (Å²) in [5, 5.41) is 10.5. The summed E-state index contributed by atoms with van der Waals surface area (Å²) in [5.41, 5.74) is 8.19. The Hall–Kier alpha value is -3.86. The molecule has 4 rings (SSSR count). The lowest BCUT2D eigenvalue weighted by atomic mass is 9.77. The van der Waals surface area contributed by atoms with E-state index < -0.39 is 11.4 Å². The van der Waals surface area contributed by atoms with Crippen LogP contribution in [0, 0.1) is 0 Å². The van der Waals surface area contributed by atoms with Gasteiger partial charge in [0.2, 0.25) is 0 Å². The smallest absolute Gasteiger partial charge is 0.254 e.